The summed E-state index contributed by atoms with van der Waals surface area (Å²) in [6.45, 7) is 4.90. The molecule has 1 aliphatic rings. The van der Waals surface area contributed by atoms with E-state index in [1.54, 1.807) is 0 Å². The lowest BCUT2D eigenvalue weighted by Gasteiger charge is -2.36. The molecule has 0 radical (unpaired) electrons. The van der Waals surface area contributed by atoms with Gasteiger partial charge in [-0.2, -0.15) is 0 Å². The van der Waals surface area contributed by atoms with Crippen molar-refractivity contribution in [1.29, 1.82) is 0 Å². The number of likely N-dealkylation sites (tertiary alicyclic amines) is 1. The van der Waals surface area contributed by atoms with Crippen molar-refractivity contribution >= 4 is 9.84 Å². The largest absolute Gasteiger partial charge is 0.317 e. The lowest BCUT2D eigenvalue weighted by atomic mass is 9.94. The van der Waals surface area contributed by atoms with Crippen LogP contribution >= 0.6 is 0 Å². The van der Waals surface area contributed by atoms with Gasteiger partial charge in [-0.3, -0.25) is 0 Å². The third-order valence-corrected chi connectivity index (χ3v) is 4.06. The first kappa shape index (κ1) is 12.9. The first-order chi connectivity index (χ1) is 6.92. The van der Waals surface area contributed by atoms with E-state index in [4.69, 9.17) is 0 Å². The van der Waals surface area contributed by atoms with Crippen LogP contribution in [0.15, 0.2) is 0 Å². The van der Waals surface area contributed by atoms with Gasteiger partial charge in [0.1, 0.15) is 9.84 Å². The van der Waals surface area contributed by atoms with Gasteiger partial charge in [0.15, 0.2) is 0 Å². The van der Waals surface area contributed by atoms with Gasteiger partial charge in [-0.15, -0.1) is 0 Å². The molecule has 0 saturated carbocycles. The normalized spacial score (nSPS) is 29.3. The Morgan fingerprint density at radius 1 is 1.47 bits per heavy atom. The Morgan fingerprint density at radius 2 is 2.13 bits per heavy atom. The van der Waals surface area contributed by atoms with Crippen molar-refractivity contribution in [2.75, 3.05) is 38.7 Å². The van der Waals surface area contributed by atoms with E-state index in [1.165, 1.54) is 6.26 Å². The minimum absolute atomic E-state index is 0.282. The van der Waals surface area contributed by atoms with E-state index in [-0.39, 0.29) is 5.75 Å². The van der Waals surface area contributed by atoms with Gasteiger partial charge < -0.3 is 10.2 Å². The van der Waals surface area contributed by atoms with Crippen LogP contribution in [0, 0.1) is 5.92 Å². The van der Waals surface area contributed by atoms with Gasteiger partial charge in [0, 0.05) is 25.4 Å². The zero-order valence-corrected chi connectivity index (χ0v) is 10.7. The second-order valence-corrected chi connectivity index (χ2v) is 6.85. The van der Waals surface area contributed by atoms with Crippen molar-refractivity contribution in [2.45, 2.75) is 19.4 Å². The predicted octanol–water partition coefficient (Wildman–Crippen LogP) is -0.0392. The van der Waals surface area contributed by atoms with Crippen molar-refractivity contribution in [1.82, 2.24) is 10.2 Å². The van der Waals surface area contributed by atoms with E-state index in [1.807, 2.05) is 7.05 Å². The number of nitrogens with zero attached hydrogens (tertiary/aromatic N) is 1. The lowest BCUT2D eigenvalue weighted by Crippen LogP contribution is -2.48. The quantitative estimate of drug-likeness (QED) is 0.741. The molecule has 0 aromatic carbocycles. The van der Waals surface area contributed by atoms with E-state index in [9.17, 15) is 8.42 Å². The monoisotopic (exact) mass is 234 g/mol. The molecular weight excluding hydrogens is 212 g/mol. The smallest absolute Gasteiger partial charge is 0.148 e. The highest BCUT2D eigenvalue weighted by Crippen LogP contribution is 2.16. The van der Waals surface area contributed by atoms with Gasteiger partial charge in [0.25, 0.3) is 0 Å². The fourth-order valence-corrected chi connectivity index (χ4v) is 2.75. The van der Waals surface area contributed by atoms with Crippen LogP contribution in [0.3, 0.4) is 0 Å². The van der Waals surface area contributed by atoms with E-state index >= 15 is 0 Å². The summed E-state index contributed by atoms with van der Waals surface area (Å²) in [6, 6.07) is 0.583. The molecule has 1 saturated heterocycles. The van der Waals surface area contributed by atoms with Crippen molar-refractivity contribution in [2.24, 2.45) is 5.92 Å². The molecule has 0 amide bonds. The second-order valence-electron chi connectivity index (χ2n) is 4.59. The number of piperidine rings is 1. The van der Waals surface area contributed by atoms with Crippen LogP contribution in [0.2, 0.25) is 0 Å². The van der Waals surface area contributed by atoms with Crippen LogP contribution < -0.4 is 5.32 Å². The molecule has 90 valence electrons. The molecule has 1 fully saturated rings. The Balaban J connectivity index is 2.35. The Morgan fingerprint density at radius 3 is 2.60 bits per heavy atom. The molecule has 1 N–H and O–H groups in total. The molecule has 0 spiro atoms. The Bertz CT molecular complexity index is 290. The number of hydrogen-bond acceptors (Lipinski definition) is 4. The first-order valence-electron chi connectivity index (χ1n) is 5.49. The van der Waals surface area contributed by atoms with Crippen molar-refractivity contribution in [3.8, 4) is 0 Å². The maximum Gasteiger partial charge on any atom is 0.148 e. The van der Waals surface area contributed by atoms with Gasteiger partial charge in [-0.25, -0.2) is 8.42 Å². The van der Waals surface area contributed by atoms with Gasteiger partial charge >= 0.3 is 0 Å². The zero-order chi connectivity index (χ0) is 11.5. The first-order valence-corrected chi connectivity index (χ1v) is 7.56. The molecule has 1 aliphatic heterocycles. The summed E-state index contributed by atoms with van der Waals surface area (Å²) >= 11 is 0. The number of sulfone groups is 1. The van der Waals surface area contributed by atoms with E-state index in [0.717, 1.165) is 19.5 Å². The van der Waals surface area contributed by atoms with E-state index in [2.05, 4.69) is 17.1 Å². The fourth-order valence-electron chi connectivity index (χ4n) is 2.16. The van der Waals surface area contributed by atoms with Gasteiger partial charge in [0.2, 0.25) is 0 Å². The van der Waals surface area contributed by atoms with Crippen LogP contribution in [0.5, 0.6) is 0 Å². The molecule has 15 heavy (non-hydrogen) atoms. The maximum absolute atomic E-state index is 11.0. The SMILES string of the molecule is CNC1CCN(CCS(C)(=O)=O)CC1C. The summed E-state index contributed by atoms with van der Waals surface area (Å²) in [5.74, 6) is 0.882. The fraction of sp³-hybridized carbons (Fsp3) is 1.00. The van der Waals surface area contributed by atoms with Crippen LogP contribution in [0.1, 0.15) is 13.3 Å². The molecule has 5 heteroatoms. The van der Waals surface area contributed by atoms with Gasteiger partial charge in [-0.1, -0.05) is 6.92 Å². The molecule has 1 heterocycles. The predicted molar refractivity (Wildman–Crippen MR) is 62.8 cm³/mol. The third kappa shape index (κ3) is 4.49. The minimum atomic E-state index is -2.82. The van der Waals surface area contributed by atoms with Gasteiger partial charge in [-0.05, 0) is 25.9 Å². The summed E-state index contributed by atoms with van der Waals surface area (Å²) in [7, 11) is -0.824. The zero-order valence-electron chi connectivity index (χ0n) is 9.86. The van der Waals surface area contributed by atoms with Crippen LogP contribution in [0.4, 0.5) is 0 Å². The van der Waals surface area contributed by atoms with Crippen molar-refractivity contribution in [3.05, 3.63) is 0 Å². The molecule has 2 unspecified atom stereocenters. The number of rotatable bonds is 4. The van der Waals surface area contributed by atoms with E-state index < -0.39 is 9.84 Å². The molecule has 0 aromatic rings. The standard InChI is InChI=1S/C10H22N2O2S/c1-9-8-12(5-4-10(9)11-2)6-7-15(3,13)14/h9-11H,4-8H2,1-3H3. The topological polar surface area (TPSA) is 49.4 Å². The summed E-state index contributed by atoms with van der Waals surface area (Å²) in [5, 5.41) is 3.30. The molecule has 2 atom stereocenters. The molecule has 4 nitrogen and oxygen atoms in total. The maximum atomic E-state index is 11.0. The Kier molecular flexibility index (Phi) is 4.55. The molecule has 0 aliphatic carbocycles. The minimum Gasteiger partial charge on any atom is -0.317 e. The lowest BCUT2D eigenvalue weighted by molar-refractivity contribution is 0.159. The summed E-state index contributed by atoms with van der Waals surface area (Å²) in [5.41, 5.74) is 0. The third-order valence-electron chi connectivity index (χ3n) is 3.14. The summed E-state index contributed by atoms with van der Waals surface area (Å²) in [6.07, 6.45) is 2.41. The van der Waals surface area contributed by atoms with E-state index in [0.29, 0.717) is 18.5 Å². The highest BCUT2D eigenvalue weighted by atomic mass is 32.2. The van der Waals surface area contributed by atoms with Crippen molar-refractivity contribution in [3.63, 3.8) is 0 Å². The van der Waals surface area contributed by atoms with Crippen LogP contribution in [0.25, 0.3) is 0 Å². The molecule has 0 aromatic heterocycles. The average molecular weight is 234 g/mol. The molecular formula is C10H22N2O2S. The number of nitrogens with one attached hydrogen (secondary N) is 1. The number of hydrogen-bond donors (Lipinski definition) is 1. The summed E-state index contributed by atoms with van der Waals surface area (Å²) in [4.78, 5) is 2.25. The van der Waals surface area contributed by atoms with Crippen LogP contribution in [-0.4, -0.2) is 58.1 Å². The van der Waals surface area contributed by atoms with Gasteiger partial charge in [0.05, 0.1) is 5.75 Å². The van der Waals surface area contributed by atoms with Crippen LogP contribution in [-0.2, 0) is 9.84 Å². The molecule has 1 rings (SSSR count). The second kappa shape index (κ2) is 5.27. The summed E-state index contributed by atoms with van der Waals surface area (Å²) < 4.78 is 22.1. The highest BCUT2D eigenvalue weighted by Gasteiger charge is 2.24. The Hall–Kier alpha value is -0.130. The molecule has 0 bridgehead atoms. The van der Waals surface area contributed by atoms with Crippen molar-refractivity contribution < 1.29 is 8.42 Å². The Labute approximate surface area is 93.0 Å². The highest BCUT2D eigenvalue weighted by molar-refractivity contribution is 7.90. The average Bonchev–Trinajstić information content (AvgIpc) is 2.14.